The number of benzene rings is 1. The number of rotatable bonds is 3. The van der Waals surface area contributed by atoms with Gasteiger partial charge in [-0.1, -0.05) is 18.2 Å². The Morgan fingerprint density at radius 3 is 2.94 bits per heavy atom. The van der Waals surface area contributed by atoms with Gasteiger partial charge in [-0.2, -0.15) is 0 Å². The monoisotopic (exact) mass is 238 g/mol. The third-order valence-electron chi connectivity index (χ3n) is 3.26. The molecule has 1 unspecified atom stereocenters. The molecule has 0 saturated carbocycles. The zero-order chi connectivity index (χ0) is 12.3. The smallest absolute Gasteiger partial charge is 0.132 e. The summed E-state index contributed by atoms with van der Waals surface area (Å²) in [6.45, 7) is 5.28. The highest BCUT2D eigenvalue weighted by Crippen LogP contribution is 2.17. The van der Waals surface area contributed by atoms with Gasteiger partial charge < -0.3 is 10.5 Å². The van der Waals surface area contributed by atoms with Gasteiger partial charge in [0.25, 0.3) is 0 Å². The molecule has 0 radical (unpaired) electrons. The van der Waals surface area contributed by atoms with Crippen LogP contribution in [0.4, 0.5) is 4.39 Å². The molecule has 2 N–H and O–H groups in total. The van der Waals surface area contributed by atoms with E-state index >= 15 is 0 Å². The molecule has 0 spiro atoms. The quantitative estimate of drug-likeness (QED) is 0.867. The highest BCUT2D eigenvalue weighted by atomic mass is 19.1. The first-order valence-corrected chi connectivity index (χ1v) is 6.00. The Balaban J connectivity index is 2.12. The number of halogens is 1. The third kappa shape index (κ3) is 2.83. The van der Waals surface area contributed by atoms with Crippen LogP contribution < -0.4 is 5.73 Å². The van der Waals surface area contributed by atoms with Crippen molar-refractivity contribution in [3.05, 3.63) is 35.1 Å². The largest absolute Gasteiger partial charge is 0.379 e. The average molecular weight is 238 g/mol. The van der Waals surface area contributed by atoms with E-state index in [0.717, 1.165) is 25.3 Å². The van der Waals surface area contributed by atoms with Gasteiger partial charge in [0, 0.05) is 36.8 Å². The molecule has 1 aromatic rings. The van der Waals surface area contributed by atoms with Gasteiger partial charge in [0.1, 0.15) is 5.82 Å². The van der Waals surface area contributed by atoms with E-state index < -0.39 is 0 Å². The van der Waals surface area contributed by atoms with E-state index in [1.165, 1.54) is 0 Å². The van der Waals surface area contributed by atoms with Crippen molar-refractivity contribution in [1.29, 1.82) is 0 Å². The first kappa shape index (κ1) is 12.5. The van der Waals surface area contributed by atoms with Crippen LogP contribution in [0.1, 0.15) is 18.1 Å². The topological polar surface area (TPSA) is 38.5 Å². The summed E-state index contributed by atoms with van der Waals surface area (Å²) in [5.41, 5.74) is 6.82. The molecule has 1 fully saturated rings. The molecule has 1 atom stereocenters. The predicted molar refractivity (Wildman–Crippen MR) is 65.0 cm³/mol. The Morgan fingerprint density at radius 1 is 1.47 bits per heavy atom. The molecule has 94 valence electrons. The molecule has 0 amide bonds. The van der Waals surface area contributed by atoms with Crippen LogP contribution in [0.5, 0.6) is 0 Å². The van der Waals surface area contributed by atoms with E-state index in [4.69, 9.17) is 10.5 Å². The minimum absolute atomic E-state index is 0.159. The minimum atomic E-state index is -0.159. The minimum Gasteiger partial charge on any atom is -0.379 e. The summed E-state index contributed by atoms with van der Waals surface area (Å²) >= 11 is 0. The van der Waals surface area contributed by atoms with Gasteiger partial charge in [0.2, 0.25) is 0 Å². The SMILES string of the molecule is CC1COCCN1Cc1cccc(CN)c1F. The van der Waals surface area contributed by atoms with E-state index in [-0.39, 0.29) is 12.4 Å². The molecule has 1 aliphatic rings. The standard InChI is InChI=1S/C13H19FN2O/c1-10-9-17-6-5-16(10)8-12-4-2-3-11(7-15)13(12)14/h2-4,10H,5-9,15H2,1H3. The number of nitrogens with zero attached hydrogens (tertiary/aromatic N) is 1. The van der Waals surface area contributed by atoms with Crippen molar-refractivity contribution in [3.63, 3.8) is 0 Å². The fraction of sp³-hybridized carbons (Fsp3) is 0.538. The van der Waals surface area contributed by atoms with Crippen molar-refractivity contribution < 1.29 is 9.13 Å². The van der Waals surface area contributed by atoms with Crippen LogP contribution in [0.25, 0.3) is 0 Å². The Bertz CT molecular complexity index is 384. The lowest BCUT2D eigenvalue weighted by Crippen LogP contribution is -2.43. The van der Waals surface area contributed by atoms with Crippen molar-refractivity contribution in [3.8, 4) is 0 Å². The maximum atomic E-state index is 14.0. The van der Waals surface area contributed by atoms with Crippen molar-refractivity contribution in [2.24, 2.45) is 5.73 Å². The second kappa shape index (κ2) is 5.58. The van der Waals surface area contributed by atoms with Crippen LogP contribution in [0.15, 0.2) is 18.2 Å². The van der Waals surface area contributed by atoms with E-state index in [9.17, 15) is 4.39 Å². The first-order valence-electron chi connectivity index (χ1n) is 6.00. The Kier molecular flexibility index (Phi) is 4.10. The van der Waals surface area contributed by atoms with Gasteiger partial charge in [-0.3, -0.25) is 4.90 Å². The molecule has 0 bridgehead atoms. The first-order chi connectivity index (χ1) is 8.22. The Labute approximate surface area is 101 Å². The van der Waals surface area contributed by atoms with Crippen LogP contribution >= 0.6 is 0 Å². The van der Waals surface area contributed by atoms with Crippen LogP contribution in [-0.2, 0) is 17.8 Å². The zero-order valence-corrected chi connectivity index (χ0v) is 10.2. The molecule has 0 aliphatic carbocycles. The fourth-order valence-electron chi connectivity index (χ4n) is 2.13. The lowest BCUT2D eigenvalue weighted by Gasteiger charge is -2.33. The summed E-state index contributed by atoms with van der Waals surface area (Å²) in [6, 6.07) is 5.77. The van der Waals surface area contributed by atoms with E-state index in [2.05, 4.69) is 11.8 Å². The van der Waals surface area contributed by atoms with Crippen LogP contribution in [0.2, 0.25) is 0 Å². The van der Waals surface area contributed by atoms with Gasteiger partial charge in [-0.25, -0.2) is 4.39 Å². The van der Waals surface area contributed by atoms with Crippen LogP contribution in [0.3, 0.4) is 0 Å². The van der Waals surface area contributed by atoms with E-state index in [1.807, 2.05) is 12.1 Å². The number of ether oxygens (including phenoxy) is 1. The molecule has 17 heavy (non-hydrogen) atoms. The van der Waals surface area contributed by atoms with E-state index in [1.54, 1.807) is 6.07 Å². The van der Waals surface area contributed by atoms with Gasteiger partial charge in [-0.15, -0.1) is 0 Å². The number of hydrogen-bond acceptors (Lipinski definition) is 3. The maximum Gasteiger partial charge on any atom is 0.132 e. The summed E-state index contributed by atoms with van der Waals surface area (Å²) in [5, 5.41) is 0. The molecule has 4 heteroatoms. The highest BCUT2D eigenvalue weighted by molar-refractivity contribution is 5.26. The normalized spacial score (nSPS) is 21.7. The van der Waals surface area contributed by atoms with Gasteiger partial charge in [0.15, 0.2) is 0 Å². The molecule has 0 aromatic heterocycles. The highest BCUT2D eigenvalue weighted by Gasteiger charge is 2.20. The Morgan fingerprint density at radius 2 is 2.24 bits per heavy atom. The summed E-state index contributed by atoms with van der Waals surface area (Å²) in [7, 11) is 0. The van der Waals surface area contributed by atoms with Crippen LogP contribution in [0, 0.1) is 5.82 Å². The predicted octanol–water partition coefficient (Wildman–Crippen LogP) is 1.51. The summed E-state index contributed by atoms with van der Waals surface area (Å²) in [5.74, 6) is -0.159. The zero-order valence-electron chi connectivity index (χ0n) is 10.2. The number of morpholine rings is 1. The summed E-state index contributed by atoms with van der Waals surface area (Å²) in [6.07, 6.45) is 0. The molecule has 2 rings (SSSR count). The summed E-state index contributed by atoms with van der Waals surface area (Å²) < 4.78 is 19.4. The fourth-order valence-corrected chi connectivity index (χ4v) is 2.13. The maximum absolute atomic E-state index is 14.0. The molecule has 3 nitrogen and oxygen atoms in total. The van der Waals surface area contributed by atoms with E-state index in [0.29, 0.717) is 18.2 Å². The lowest BCUT2D eigenvalue weighted by molar-refractivity contribution is -0.00481. The van der Waals surface area contributed by atoms with Crippen molar-refractivity contribution in [2.45, 2.75) is 26.1 Å². The lowest BCUT2D eigenvalue weighted by atomic mass is 10.1. The van der Waals surface area contributed by atoms with Gasteiger partial charge in [-0.05, 0) is 6.92 Å². The average Bonchev–Trinajstić information content (AvgIpc) is 2.34. The molecule has 1 saturated heterocycles. The van der Waals surface area contributed by atoms with Crippen molar-refractivity contribution >= 4 is 0 Å². The molecule has 1 heterocycles. The van der Waals surface area contributed by atoms with Crippen LogP contribution in [-0.4, -0.2) is 30.7 Å². The Hall–Kier alpha value is -0.970. The molecular formula is C13H19FN2O. The third-order valence-corrected chi connectivity index (χ3v) is 3.26. The molecule has 1 aromatic carbocycles. The summed E-state index contributed by atoms with van der Waals surface area (Å²) in [4.78, 5) is 2.24. The second-order valence-corrected chi connectivity index (χ2v) is 4.49. The van der Waals surface area contributed by atoms with Gasteiger partial charge in [0.05, 0.1) is 13.2 Å². The van der Waals surface area contributed by atoms with Crippen molar-refractivity contribution in [1.82, 2.24) is 4.90 Å². The molecule has 1 aliphatic heterocycles. The second-order valence-electron chi connectivity index (χ2n) is 4.49. The van der Waals surface area contributed by atoms with Crippen molar-refractivity contribution in [2.75, 3.05) is 19.8 Å². The molecular weight excluding hydrogens is 219 g/mol. The number of hydrogen-bond donors (Lipinski definition) is 1. The number of nitrogens with two attached hydrogens (primary N) is 1. The van der Waals surface area contributed by atoms with Gasteiger partial charge >= 0.3 is 0 Å².